The van der Waals surface area contributed by atoms with E-state index in [1.165, 1.54) is 19.3 Å². The Morgan fingerprint density at radius 1 is 0.861 bits per heavy atom. The minimum atomic E-state index is -1.05. The molecule has 1 aromatic rings. The smallest absolute Gasteiger partial charge is 0.203 e. The quantitative estimate of drug-likeness (QED) is 0.339. The van der Waals surface area contributed by atoms with Gasteiger partial charge in [-0.1, -0.05) is 58.9 Å². The van der Waals surface area contributed by atoms with Gasteiger partial charge in [0.25, 0.3) is 0 Å². The van der Waals surface area contributed by atoms with Crippen LogP contribution >= 0.6 is 0 Å². The lowest BCUT2D eigenvalue weighted by molar-refractivity contribution is -0.0837. The van der Waals surface area contributed by atoms with Gasteiger partial charge in [-0.05, 0) is 31.2 Å². The number of nitrogens with zero attached hydrogens (tertiary/aromatic N) is 2. The number of aliphatic hydroxyl groups excluding tert-OH is 1. The molecule has 7 heteroatoms. The average molecular weight is 509 g/mol. The van der Waals surface area contributed by atoms with E-state index < -0.39 is 11.7 Å². The molecule has 1 saturated heterocycles. The standard InChI is InChI=1S/C29H52N2O5/c1-22(2)10-8-11-23(3)12-9-15-29(4,33)26(32)21-31-18-16-30(17-19-31)20-24-13-14-25(34-5)28(36-7)27(24)35-6/h13-14,22-23,26,32-33H,8-12,15-21H2,1-7H3. The lowest BCUT2D eigenvalue weighted by atomic mass is 9.88. The molecule has 1 aliphatic rings. The summed E-state index contributed by atoms with van der Waals surface area (Å²) in [6, 6.07) is 3.94. The number of ether oxygens (including phenoxy) is 3. The molecular formula is C29H52N2O5. The third kappa shape index (κ3) is 9.40. The first-order valence-corrected chi connectivity index (χ1v) is 13.7. The van der Waals surface area contributed by atoms with Crippen molar-refractivity contribution < 1.29 is 24.4 Å². The highest BCUT2D eigenvalue weighted by Crippen LogP contribution is 2.40. The maximum Gasteiger partial charge on any atom is 0.203 e. The van der Waals surface area contributed by atoms with Gasteiger partial charge in [-0.15, -0.1) is 0 Å². The molecule has 3 unspecified atom stereocenters. The van der Waals surface area contributed by atoms with Gasteiger partial charge in [0.15, 0.2) is 11.5 Å². The summed E-state index contributed by atoms with van der Waals surface area (Å²) in [5.41, 5.74) is 0.00642. The van der Waals surface area contributed by atoms with Gasteiger partial charge in [0.2, 0.25) is 5.75 Å². The van der Waals surface area contributed by atoms with Crippen LogP contribution in [0, 0.1) is 11.8 Å². The number of piperazine rings is 1. The van der Waals surface area contributed by atoms with Gasteiger partial charge in [-0.2, -0.15) is 0 Å². The van der Waals surface area contributed by atoms with Crippen molar-refractivity contribution in [2.45, 2.75) is 84.5 Å². The zero-order chi connectivity index (χ0) is 26.7. The Balaban J connectivity index is 1.77. The second-order valence-electron chi connectivity index (χ2n) is 11.3. The van der Waals surface area contributed by atoms with Crippen molar-refractivity contribution in [2.24, 2.45) is 11.8 Å². The third-order valence-electron chi connectivity index (χ3n) is 7.65. The molecule has 0 aliphatic carbocycles. The molecule has 2 N–H and O–H groups in total. The van der Waals surface area contributed by atoms with Crippen LogP contribution in [0.25, 0.3) is 0 Å². The number of aliphatic hydroxyl groups is 2. The van der Waals surface area contributed by atoms with E-state index in [2.05, 4.69) is 30.6 Å². The summed E-state index contributed by atoms with van der Waals surface area (Å²) in [6.45, 7) is 13.4. The van der Waals surface area contributed by atoms with E-state index in [0.717, 1.165) is 57.0 Å². The van der Waals surface area contributed by atoms with Crippen LogP contribution in [0.5, 0.6) is 17.2 Å². The fraction of sp³-hybridized carbons (Fsp3) is 0.793. The summed E-state index contributed by atoms with van der Waals surface area (Å²) < 4.78 is 16.5. The van der Waals surface area contributed by atoms with Gasteiger partial charge in [0, 0.05) is 44.8 Å². The van der Waals surface area contributed by atoms with Gasteiger partial charge >= 0.3 is 0 Å². The molecule has 36 heavy (non-hydrogen) atoms. The minimum Gasteiger partial charge on any atom is -0.493 e. The van der Waals surface area contributed by atoms with Gasteiger partial charge in [-0.25, -0.2) is 0 Å². The molecule has 0 spiro atoms. The van der Waals surface area contributed by atoms with Crippen LogP contribution in [-0.2, 0) is 6.54 Å². The van der Waals surface area contributed by atoms with Crippen LogP contribution < -0.4 is 14.2 Å². The predicted molar refractivity (Wildman–Crippen MR) is 146 cm³/mol. The number of benzene rings is 1. The van der Waals surface area contributed by atoms with Crippen LogP contribution in [0.15, 0.2) is 12.1 Å². The molecule has 1 fully saturated rings. The molecule has 0 amide bonds. The van der Waals surface area contributed by atoms with Crippen molar-refractivity contribution in [3.63, 3.8) is 0 Å². The Hall–Kier alpha value is -1.54. The van der Waals surface area contributed by atoms with E-state index in [-0.39, 0.29) is 0 Å². The fourth-order valence-electron chi connectivity index (χ4n) is 5.09. The fourth-order valence-corrected chi connectivity index (χ4v) is 5.09. The summed E-state index contributed by atoms with van der Waals surface area (Å²) in [7, 11) is 4.90. The molecule has 2 rings (SSSR count). The monoisotopic (exact) mass is 508 g/mol. The summed E-state index contributed by atoms with van der Waals surface area (Å²) in [5.74, 6) is 3.42. The third-order valence-corrected chi connectivity index (χ3v) is 7.65. The van der Waals surface area contributed by atoms with Gasteiger partial charge in [0.05, 0.1) is 33.0 Å². The van der Waals surface area contributed by atoms with Gasteiger partial charge in [-0.3, -0.25) is 9.80 Å². The Labute approximate surface area is 219 Å². The molecule has 208 valence electrons. The van der Waals surface area contributed by atoms with E-state index in [1.54, 1.807) is 28.3 Å². The predicted octanol–water partition coefficient (Wildman–Crippen LogP) is 4.57. The highest BCUT2D eigenvalue weighted by atomic mass is 16.5. The number of β-amino-alcohol motifs (C(OH)–C–C–N with tert-alkyl or cyclic N) is 1. The molecule has 0 bridgehead atoms. The van der Waals surface area contributed by atoms with E-state index >= 15 is 0 Å². The Bertz CT molecular complexity index is 762. The molecular weight excluding hydrogens is 456 g/mol. The first-order chi connectivity index (χ1) is 17.1. The van der Waals surface area contributed by atoms with Crippen molar-refractivity contribution >= 4 is 0 Å². The first kappa shape index (κ1) is 30.7. The second kappa shape index (κ2) is 15.0. The van der Waals surface area contributed by atoms with Crippen LogP contribution in [0.4, 0.5) is 0 Å². The zero-order valence-electron chi connectivity index (χ0n) is 23.9. The van der Waals surface area contributed by atoms with E-state index in [0.29, 0.717) is 36.1 Å². The van der Waals surface area contributed by atoms with E-state index in [9.17, 15) is 10.2 Å². The summed E-state index contributed by atoms with van der Waals surface area (Å²) in [6.07, 6.45) is 5.78. The molecule has 1 heterocycles. The molecule has 0 radical (unpaired) electrons. The number of hydrogen-bond acceptors (Lipinski definition) is 7. The average Bonchev–Trinajstić information content (AvgIpc) is 2.84. The molecule has 0 aromatic heterocycles. The molecule has 1 aromatic carbocycles. The lowest BCUT2D eigenvalue weighted by Gasteiger charge is -2.38. The largest absolute Gasteiger partial charge is 0.493 e. The number of hydrogen-bond donors (Lipinski definition) is 2. The highest BCUT2D eigenvalue weighted by molar-refractivity contribution is 5.55. The highest BCUT2D eigenvalue weighted by Gasteiger charge is 2.32. The molecule has 3 atom stereocenters. The van der Waals surface area contributed by atoms with Crippen molar-refractivity contribution in [1.82, 2.24) is 9.80 Å². The Morgan fingerprint density at radius 2 is 1.47 bits per heavy atom. The van der Waals surface area contributed by atoms with Crippen LogP contribution in [-0.4, -0.2) is 85.8 Å². The van der Waals surface area contributed by atoms with Crippen molar-refractivity contribution in [3.8, 4) is 17.2 Å². The Morgan fingerprint density at radius 3 is 2.06 bits per heavy atom. The van der Waals surface area contributed by atoms with E-state index in [1.807, 2.05) is 12.1 Å². The van der Waals surface area contributed by atoms with Gasteiger partial charge in [0.1, 0.15) is 0 Å². The van der Waals surface area contributed by atoms with Crippen LogP contribution in [0.2, 0.25) is 0 Å². The molecule has 7 nitrogen and oxygen atoms in total. The SMILES string of the molecule is COc1ccc(CN2CCN(CC(O)C(C)(O)CCCC(C)CCCC(C)C)CC2)c(OC)c1OC. The maximum atomic E-state index is 10.9. The second-order valence-corrected chi connectivity index (χ2v) is 11.3. The van der Waals surface area contributed by atoms with Crippen molar-refractivity contribution in [1.29, 1.82) is 0 Å². The summed E-state index contributed by atoms with van der Waals surface area (Å²) >= 11 is 0. The lowest BCUT2D eigenvalue weighted by Crippen LogP contribution is -2.52. The van der Waals surface area contributed by atoms with Crippen molar-refractivity contribution in [2.75, 3.05) is 54.1 Å². The number of rotatable bonds is 16. The van der Waals surface area contributed by atoms with Gasteiger partial charge < -0.3 is 24.4 Å². The zero-order valence-corrected chi connectivity index (χ0v) is 23.9. The van der Waals surface area contributed by atoms with Crippen molar-refractivity contribution in [3.05, 3.63) is 17.7 Å². The molecule has 0 saturated carbocycles. The summed E-state index contributed by atoms with van der Waals surface area (Å²) in [5, 5.41) is 21.8. The van der Waals surface area contributed by atoms with Crippen LogP contribution in [0.3, 0.4) is 0 Å². The normalized spacial score (nSPS) is 18.6. The molecule has 1 aliphatic heterocycles. The van der Waals surface area contributed by atoms with Crippen LogP contribution in [0.1, 0.15) is 71.8 Å². The Kier molecular flexibility index (Phi) is 12.8. The first-order valence-electron chi connectivity index (χ1n) is 13.7. The topological polar surface area (TPSA) is 74.6 Å². The van der Waals surface area contributed by atoms with E-state index in [4.69, 9.17) is 14.2 Å². The number of methoxy groups -OCH3 is 3. The summed E-state index contributed by atoms with van der Waals surface area (Å²) in [4.78, 5) is 4.64. The maximum absolute atomic E-state index is 10.9. The minimum absolute atomic E-state index is 0.504.